The van der Waals surface area contributed by atoms with Gasteiger partial charge in [-0.25, -0.2) is 13.1 Å². The van der Waals surface area contributed by atoms with Crippen molar-refractivity contribution in [3.05, 3.63) is 24.3 Å². The molecule has 0 bridgehead atoms. The molecule has 6 heteroatoms. The molecular weight excluding hydrogens is 302 g/mol. The smallest absolute Gasteiger partial charge is 0.240 e. The summed E-state index contributed by atoms with van der Waals surface area (Å²) in [4.78, 5) is 0.251. The molecule has 5 nitrogen and oxygen atoms in total. The largest absolute Gasteiger partial charge is 0.497 e. The fraction of sp³-hybridized carbons (Fsp3) is 0.625. The van der Waals surface area contributed by atoms with Gasteiger partial charge in [-0.2, -0.15) is 0 Å². The summed E-state index contributed by atoms with van der Waals surface area (Å²) in [5, 5.41) is 0. The minimum Gasteiger partial charge on any atom is -0.497 e. The molecule has 1 aliphatic rings. The van der Waals surface area contributed by atoms with Gasteiger partial charge >= 0.3 is 0 Å². The van der Waals surface area contributed by atoms with Crippen LogP contribution in [0.15, 0.2) is 29.2 Å². The van der Waals surface area contributed by atoms with Gasteiger partial charge in [0, 0.05) is 13.2 Å². The lowest BCUT2D eigenvalue weighted by Gasteiger charge is -2.21. The standard InChI is InChI=1S/C16H25NO4S/c1-20-14-8-10-16(11-9-14)22(18,19)17-12-5-13-21-15-6-3-2-4-7-15/h8-11,15,17H,2-7,12-13H2,1H3. The van der Waals surface area contributed by atoms with Gasteiger partial charge in [-0.3, -0.25) is 0 Å². The van der Waals surface area contributed by atoms with Gasteiger partial charge in [0.15, 0.2) is 0 Å². The Hall–Kier alpha value is -1.11. The lowest BCUT2D eigenvalue weighted by Crippen LogP contribution is -2.26. The van der Waals surface area contributed by atoms with Crippen LogP contribution in [0.1, 0.15) is 38.5 Å². The molecule has 1 aliphatic carbocycles. The molecule has 0 aromatic heterocycles. The Bertz CT molecular complexity index is 536. The quantitative estimate of drug-likeness (QED) is 0.746. The minimum atomic E-state index is -3.45. The molecule has 124 valence electrons. The van der Waals surface area contributed by atoms with Crippen molar-refractivity contribution in [3.63, 3.8) is 0 Å². The lowest BCUT2D eigenvalue weighted by atomic mass is 9.98. The molecule has 0 saturated heterocycles. The molecule has 0 amide bonds. The van der Waals surface area contributed by atoms with E-state index in [0.717, 1.165) is 12.8 Å². The Labute approximate surface area is 133 Å². The maximum atomic E-state index is 12.1. The highest BCUT2D eigenvalue weighted by Crippen LogP contribution is 2.20. The van der Waals surface area contributed by atoms with Crippen LogP contribution in [0.4, 0.5) is 0 Å². The van der Waals surface area contributed by atoms with Crippen molar-refractivity contribution >= 4 is 10.0 Å². The molecule has 1 saturated carbocycles. The molecule has 1 aromatic carbocycles. The fourth-order valence-electron chi connectivity index (χ4n) is 2.60. The molecule has 1 fully saturated rings. The molecule has 0 aliphatic heterocycles. The van der Waals surface area contributed by atoms with E-state index in [2.05, 4.69) is 4.72 Å². The highest BCUT2D eigenvalue weighted by Gasteiger charge is 2.15. The van der Waals surface area contributed by atoms with Gasteiger partial charge < -0.3 is 9.47 Å². The summed E-state index contributed by atoms with van der Waals surface area (Å²) in [6.07, 6.45) is 7.12. The van der Waals surface area contributed by atoms with Crippen LogP contribution in [0.5, 0.6) is 5.75 Å². The van der Waals surface area contributed by atoms with Crippen LogP contribution in [-0.2, 0) is 14.8 Å². The molecule has 2 rings (SSSR count). The monoisotopic (exact) mass is 327 g/mol. The second-order valence-corrected chi connectivity index (χ2v) is 7.32. The van der Waals surface area contributed by atoms with Crippen LogP contribution < -0.4 is 9.46 Å². The van der Waals surface area contributed by atoms with Gasteiger partial charge in [-0.1, -0.05) is 19.3 Å². The zero-order valence-electron chi connectivity index (χ0n) is 13.1. The number of hydrogen-bond acceptors (Lipinski definition) is 4. The highest BCUT2D eigenvalue weighted by molar-refractivity contribution is 7.89. The number of ether oxygens (including phenoxy) is 2. The Morgan fingerprint density at radius 2 is 1.82 bits per heavy atom. The average Bonchev–Trinajstić information content (AvgIpc) is 2.55. The molecule has 22 heavy (non-hydrogen) atoms. The molecule has 0 radical (unpaired) electrons. The summed E-state index contributed by atoms with van der Waals surface area (Å²) in [5.74, 6) is 0.639. The van der Waals surface area contributed by atoms with Gasteiger partial charge in [0.05, 0.1) is 18.1 Å². The number of hydrogen-bond donors (Lipinski definition) is 1. The van der Waals surface area contributed by atoms with Crippen molar-refractivity contribution in [2.75, 3.05) is 20.3 Å². The first-order valence-corrected chi connectivity index (χ1v) is 9.35. The van der Waals surface area contributed by atoms with Crippen LogP contribution in [0.3, 0.4) is 0 Å². The molecule has 1 aromatic rings. The molecule has 1 N–H and O–H groups in total. The van der Waals surface area contributed by atoms with Gasteiger partial charge in [-0.05, 0) is 43.5 Å². The predicted molar refractivity (Wildman–Crippen MR) is 85.6 cm³/mol. The Kier molecular flexibility index (Phi) is 6.67. The summed E-state index contributed by atoms with van der Waals surface area (Å²) in [6.45, 7) is 0.997. The second-order valence-electron chi connectivity index (χ2n) is 5.56. The third-order valence-corrected chi connectivity index (χ3v) is 5.37. The van der Waals surface area contributed by atoms with Gasteiger partial charge in [0.25, 0.3) is 0 Å². The third kappa shape index (κ3) is 5.26. The van der Waals surface area contributed by atoms with Crippen LogP contribution >= 0.6 is 0 Å². The van der Waals surface area contributed by atoms with E-state index >= 15 is 0 Å². The zero-order valence-corrected chi connectivity index (χ0v) is 13.9. The summed E-state index contributed by atoms with van der Waals surface area (Å²) in [7, 11) is -1.90. The van der Waals surface area contributed by atoms with Gasteiger partial charge in [0.1, 0.15) is 5.75 Å². The maximum absolute atomic E-state index is 12.1. The number of rotatable bonds is 8. The van der Waals surface area contributed by atoms with Crippen molar-refractivity contribution < 1.29 is 17.9 Å². The number of methoxy groups -OCH3 is 1. The Balaban J connectivity index is 1.70. The topological polar surface area (TPSA) is 64.6 Å². The first kappa shape index (κ1) is 17.2. The molecule has 0 heterocycles. The van der Waals surface area contributed by atoms with E-state index in [9.17, 15) is 8.42 Å². The van der Waals surface area contributed by atoms with E-state index in [1.807, 2.05) is 0 Å². The number of sulfonamides is 1. The second kappa shape index (κ2) is 8.50. The lowest BCUT2D eigenvalue weighted by molar-refractivity contribution is 0.0278. The molecule has 0 spiro atoms. The SMILES string of the molecule is COc1ccc(S(=O)(=O)NCCCOC2CCCCC2)cc1. The Morgan fingerprint density at radius 1 is 1.14 bits per heavy atom. The van der Waals surface area contributed by atoms with Crippen LogP contribution in [0.2, 0.25) is 0 Å². The summed E-state index contributed by atoms with van der Waals surface area (Å²) in [5.41, 5.74) is 0. The maximum Gasteiger partial charge on any atom is 0.240 e. The summed E-state index contributed by atoms with van der Waals surface area (Å²) < 4.78 is 37.6. The first-order valence-electron chi connectivity index (χ1n) is 7.87. The average molecular weight is 327 g/mol. The Morgan fingerprint density at radius 3 is 2.45 bits per heavy atom. The molecule has 0 atom stereocenters. The van der Waals surface area contributed by atoms with Crippen molar-refractivity contribution in [2.24, 2.45) is 0 Å². The minimum absolute atomic E-state index is 0.251. The fourth-order valence-corrected chi connectivity index (χ4v) is 3.67. The predicted octanol–water partition coefficient (Wildman–Crippen LogP) is 2.71. The van der Waals surface area contributed by atoms with Gasteiger partial charge in [-0.15, -0.1) is 0 Å². The van der Waals surface area contributed by atoms with E-state index < -0.39 is 10.0 Å². The van der Waals surface area contributed by atoms with E-state index in [0.29, 0.717) is 31.4 Å². The molecular formula is C16H25NO4S. The van der Waals surface area contributed by atoms with Crippen LogP contribution in [0.25, 0.3) is 0 Å². The highest BCUT2D eigenvalue weighted by atomic mass is 32.2. The van der Waals surface area contributed by atoms with Crippen LogP contribution in [-0.4, -0.2) is 34.8 Å². The van der Waals surface area contributed by atoms with E-state index in [-0.39, 0.29) is 4.90 Å². The summed E-state index contributed by atoms with van der Waals surface area (Å²) >= 11 is 0. The number of nitrogens with one attached hydrogen (secondary N) is 1. The molecule has 0 unspecified atom stereocenters. The van der Waals surface area contributed by atoms with Crippen molar-refractivity contribution in [3.8, 4) is 5.75 Å². The zero-order chi connectivity index (χ0) is 15.8. The van der Waals surface area contributed by atoms with E-state index in [1.54, 1.807) is 31.4 Å². The van der Waals surface area contributed by atoms with Crippen molar-refractivity contribution in [1.82, 2.24) is 4.72 Å². The van der Waals surface area contributed by atoms with Gasteiger partial charge in [0.2, 0.25) is 10.0 Å². The normalized spacial score (nSPS) is 16.6. The first-order chi connectivity index (χ1) is 10.6. The third-order valence-electron chi connectivity index (χ3n) is 3.89. The number of benzene rings is 1. The summed E-state index contributed by atoms with van der Waals surface area (Å²) in [6, 6.07) is 6.36. The van der Waals surface area contributed by atoms with Crippen LogP contribution in [0, 0.1) is 0 Å². The van der Waals surface area contributed by atoms with Crippen molar-refractivity contribution in [2.45, 2.75) is 49.5 Å². The van der Waals surface area contributed by atoms with E-state index in [4.69, 9.17) is 9.47 Å². The van der Waals surface area contributed by atoms with E-state index in [1.165, 1.54) is 19.3 Å². The van der Waals surface area contributed by atoms with Crippen molar-refractivity contribution in [1.29, 1.82) is 0 Å².